The van der Waals surface area contributed by atoms with Crippen molar-refractivity contribution in [3.05, 3.63) is 65.7 Å². The highest BCUT2D eigenvalue weighted by Crippen LogP contribution is 2.40. The van der Waals surface area contributed by atoms with E-state index in [9.17, 15) is 9.90 Å². The Labute approximate surface area is 141 Å². The number of nitrogens with zero attached hydrogens (tertiary/aromatic N) is 1. The summed E-state index contributed by atoms with van der Waals surface area (Å²) in [6, 6.07) is 18.3. The summed E-state index contributed by atoms with van der Waals surface area (Å²) >= 11 is 1.74. The van der Waals surface area contributed by atoms with Gasteiger partial charge < -0.3 is 10.0 Å². The molecule has 1 aliphatic rings. The molecular formula is C19H21NO2S. The van der Waals surface area contributed by atoms with Gasteiger partial charge in [-0.15, -0.1) is 11.8 Å². The normalized spacial score (nSPS) is 16.1. The zero-order valence-corrected chi connectivity index (χ0v) is 13.8. The van der Waals surface area contributed by atoms with E-state index in [0.717, 1.165) is 17.7 Å². The van der Waals surface area contributed by atoms with Gasteiger partial charge in [0.15, 0.2) is 0 Å². The molecule has 1 unspecified atom stereocenters. The zero-order chi connectivity index (χ0) is 16.1. The molecule has 1 atom stereocenters. The number of aliphatic hydroxyl groups is 1. The lowest BCUT2D eigenvalue weighted by Gasteiger charge is -2.25. The molecule has 0 fully saturated rings. The minimum absolute atomic E-state index is 0.00202. The van der Waals surface area contributed by atoms with Gasteiger partial charge in [0.1, 0.15) is 0 Å². The molecule has 0 radical (unpaired) electrons. The van der Waals surface area contributed by atoms with Crippen molar-refractivity contribution in [1.29, 1.82) is 0 Å². The summed E-state index contributed by atoms with van der Waals surface area (Å²) in [5.41, 5.74) is 2.34. The summed E-state index contributed by atoms with van der Waals surface area (Å²) in [5, 5.41) is 9.32. The summed E-state index contributed by atoms with van der Waals surface area (Å²) in [4.78, 5) is 15.9. The number of rotatable bonds is 6. The molecule has 1 heterocycles. The average Bonchev–Trinajstić information content (AvgIpc) is 3.03. The number of thioether (sulfide) groups is 1. The van der Waals surface area contributed by atoms with E-state index in [1.165, 1.54) is 10.5 Å². The lowest BCUT2D eigenvalue weighted by atomic mass is 9.99. The highest BCUT2D eigenvalue weighted by atomic mass is 32.2. The summed E-state index contributed by atoms with van der Waals surface area (Å²) in [6.45, 7) is 1.05. The molecule has 23 heavy (non-hydrogen) atoms. The molecule has 1 aliphatic heterocycles. The van der Waals surface area contributed by atoms with Crippen molar-refractivity contribution in [2.24, 2.45) is 0 Å². The van der Waals surface area contributed by atoms with Crippen LogP contribution in [-0.4, -0.2) is 41.4 Å². The largest absolute Gasteiger partial charge is 0.395 e. The molecule has 3 rings (SSSR count). The molecule has 0 spiro atoms. The topological polar surface area (TPSA) is 40.5 Å². The Balaban J connectivity index is 1.70. The molecule has 4 heteroatoms. The molecule has 1 amide bonds. The molecule has 2 aromatic rings. The van der Waals surface area contributed by atoms with E-state index in [2.05, 4.69) is 18.2 Å². The van der Waals surface area contributed by atoms with Crippen LogP contribution in [0.25, 0.3) is 0 Å². The molecule has 2 aromatic carbocycles. The van der Waals surface area contributed by atoms with Crippen molar-refractivity contribution in [2.75, 3.05) is 25.4 Å². The Morgan fingerprint density at radius 1 is 1.09 bits per heavy atom. The molecule has 0 aliphatic carbocycles. The lowest BCUT2D eigenvalue weighted by Crippen LogP contribution is -2.38. The van der Waals surface area contributed by atoms with Crippen LogP contribution in [0.3, 0.4) is 0 Å². The number of aliphatic hydroxyl groups excluding tert-OH is 1. The van der Waals surface area contributed by atoms with E-state index in [1.807, 2.05) is 36.4 Å². The third-order valence-corrected chi connectivity index (χ3v) is 5.38. The maximum absolute atomic E-state index is 12.9. The molecular weight excluding hydrogens is 306 g/mol. The van der Waals surface area contributed by atoms with Crippen molar-refractivity contribution >= 4 is 17.7 Å². The van der Waals surface area contributed by atoms with Crippen LogP contribution in [0.2, 0.25) is 0 Å². The van der Waals surface area contributed by atoms with Crippen molar-refractivity contribution < 1.29 is 9.90 Å². The second kappa shape index (κ2) is 7.66. The number of fused-ring (bicyclic) bond motifs is 1. The first-order valence-electron chi connectivity index (χ1n) is 7.95. The third kappa shape index (κ3) is 3.77. The van der Waals surface area contributed by atoms with Gasteiger partial charge >= 0.3 is 0 Å². The Morgan fingerprint density at radius 2 is 1.83 bits per heavy atom. The number of carbonyl (C=O) groups is 1. The van der Waals surface area contributed by atoms with Gasteiger partial charge in [-0.1, -0.05) is 48.5 Å². The summed E-state index contributed by atoms with van der Waals surface area (Å²) in [7, 11) is 0. The molecule has 0 bridgehead atoms. The number of hydrogen-bond acceptors (Lipinski definition) is 3. The van der Waals surface area contributed by atoms with E-state index < -0.39 is 0 Å². The van der Waals surface area contributed by atoms with E-state index in [1.54, 1.807) is 16.7 Å². The van der Waals surface area contributed by atoms with Gasteiger partial charge in [-0.05, 0) is 23.6 Å². The Bertz CT molecular complexity index is 659. The van der Waals surface area contributed by atoms with Crippen LogP contribution in [0.15, 0.2) is 59.5 Å². The summed E-state index contributed by atoms with van der Waals surface area (Å²) in [5.74, 6) is 0.844. The van der Waals surface area contributed by atoms with Gasteiger partial charge in [-0.3, -0.25) is 4.79 Å². The van der Waals surface area contributed by atoms with Crippen LogP contribution < -0.4 is 0 Å². The Hall–Kier alpha value is -1.78. The number of hydrogen-bond donors (Lipinski definition) is 1. The van der Waals surface area contributed by atoms with Gasteiger partial charge in [0.05, 0.1) is 12.5 Å². The second-order valence-corrected chi connectivity index (χ2v) is 6.75. The number of amides is 1. The number of benzene rings is 2. The lowest BCUT2D eigenvalue weighted by molar-refractivity contribution is -0.132. The van der Waals surface area contributed by atoms with Crippen LogP contribution in [0.4, 0.5) is 0 Å². The van der Waals surface area contributed by atoms with Crippen LogP contribution in [0, 0.1) is 0 Å². The van der Waals surface area contributed by atoms with Crippen molar-refractivity contribution in [3.8, 4) is 0 Å². The third-order valence-electron chi connectivity index (χ3n) is 4.19. The maximum Gasteiger partial charge on any atom is 0.231 e. The van der Waals surface area contributed by atoms with Gasteiger partial charge in [0.2, 0.25) is 5.91 Å². The summed E-state index contributed by atoms with van der Waals surface area (Å²) in [6.07, 6.45) is 0.814. The Morgan fingerprint density at radius 3 is 2.61 bits per heavy atom. The highest BCUT2D eigenvalue weighted by Gasteiger charge is 2.31. The maximum atomic E-state index is 12.9. The quantitative estimate of drug-likeness (QED) is 0.887. The van der Waals surface area contributed by atoms with E-state index in [-0.39, 0.29) is 18.4 Å². The predicted octanol–water partition coefficient (Wildman–Crippen LogP) is 2.94. The molecule has 0 saturated heterocycles. The van der Waals surface area contributed by atoms with Crippen LogP contribution in [0.5, 0.6) is 0 Å². The van der Waals surface area contributed by atoms with Crippen LogP contribution in [-0.2, 0) is 11.2 Å². The van der Waals surface area contributed by atoms with Crippen LogP contribution in [0.1, 0.15) is 17.0 Å². The fourth-order valence-electron chi connectivity index (χ4n) is 2.95. The fourth-order valence-corrected chi connectivity index (χ4v) is 4.17. The van der Waals surface area contributed by atoms with Crippen molar-refractivity contribution in [3.63, 3.8) is 0 Å². The highest BCUT2D eigenvalue weighted by molar-refractivity contribution is 7.99. The average molecular weight is 327 g/mol. The smallest absolute Gasteiger partial charge is 0.231 e. The van der Waals surface area contributed by atoms with Crippen molar-refractivity contribution in [2.45, 2.75) is 17.2 Å². The first kappa shape index (κ1) is 16.1. The van der Waals surface area contributed by atoms with E-state index in [0.29, 0.717) is 13.1 Å². The van der Waals surface area contributed by atoms with E-state index >= 15 is 0 Å². The summed E-state index contributed by atoms with van der Waals surface area (Å²) < 4.78 is 0. The first-order chi connectivity index (χ1) is 11.3. The van der Waals surface area contributed by atoms with Gasteiger partial charge in [-0.2, -0.15) is 0 Å². The molecule has 1 N–H and O–H groups in total. The standard InChI is InChI=1S/C19H21NO2S/c21-13-12-20(11-10-15-6-2-1-3-7-15)19(22)17-14-23-18-9-5-4-8-16(17)18/h1-9,17,21H,10-14H2. The van der Waals surface area contributed by atoms with Crippen LogP contribution >= 0.6 is 11.8 Å². The molecule has 3 nitrogen and oxygen atoms in total. The van der Waals surface area contributed by atoms with E-state index in [4.69, 9.17) is 0 Å². The second-order valence-electron chi connectivity index (χ2n) is 5.69. The predicted molar refractivity (Wildman–Crippen MR) is 93.7 cm³/mol. The van der Waals surface area contributed by atoms with Gasteiger partial charge in [0.25, 0.3) is 0 Å². The Kier molecular flexibility index (Phi) is 5.36. The minimum Gasteiger partial charge on any atom is -0.395 e. The van der Waals surface area contributed by atoms with Gasteiger partial charge in [0, 0.05) is 23.7 Å². The SMILES string of the molecule is O=C(C1CSc2ccccc21)N(CCO)CCc1ccccc1. The first-order valence-corrected chi connectivity index (χ1v) is 8.93. The molecule has 0 saturated carbocycles. The fraction of sp³-hybridized carbons (Fsp3) is 0.316. The molecule has 0 aromatic heterocycles. The monoisotopic (exact) mass is 327 g/mol. The minimum atomic E-state index is -0.0847. The van der Waals surface area contributed by atoms with Crippen molar-refractivity contribution in [1.82, 2.24) is 4.90 Å². The zero-order valence-electron chi connectivity index (χ0n) is 13.0. The number of carbonyl (C=O) groups excluding carboxylic acids is 1. The molecule has 120 valence electrons. The van der Waals surface area contributed by atoms with Gasteiger partial charge in [-0.25, -0.2) is 0 Å².